The third-order valence-electron chi connectivity index (χ3n) is 3.85. The Kier molecular flexibility index (Phi) is 3.41. The minimum absolute atomic E-state index is 0.926. The first kappa shape index (κ1) is 12.1. The highest BCUT2D eigenvalue weighted by Gasteiger charge is 2.20. The number of aryl methyl sites for hydroxylation is 1. The number of hydrogen-bond donors (Lipinski definition) is 1. The number of nitrogens with two attached hydrogens (primary N) is 1. The molecule has 2 aromatic rings. The molecule has 1 aliphatic heterocycles. The van der Waals surface area contributed by atoms with E-state index < -0.39 is 0 Å². The molecule has 1 aliphatic rings. The maximum Gasteiger partial charge on any atom is 0.0633 e. The van der Waals surface area contributed by atoms with E-state index >= 15 is 0 Å². The largest absolute Gasteiger partial charge is 0.397 e. The molecule has 98 valence electrons. The number of nitrogens with zero attached hydrogens (tertiary/aromatic N) is 1. The highest BCUT2D eigenvalue weighted by Crippen LogP contribution is 2.33. The van der Waals surface area contributed by atoms with E-state index in [0.717, 1.165) is 31.6 Å². The maximum absolute atomic E-state index is 6.10. The summed E-state index contributed by atoms with van der Waals surface area (Å²) >= 11 is 0. The summed E-state index contributed by atoms with van der Waals surface area (Å²) in [4.78, 5) is 2.44. The Hall–Kier alpha value is -1.96. The van der Waals surface area contributed by atoms with E-state index in [1.54, 1.807) is 0 Å². The number of hydrogen-bond acceptors (Lipinski definition) is 2. The predicted molar refractivity (Wildman–Crippen MR) is 81.5 cm³/mol. The van der Waals surface area contributed by atoms with Crippen molar-refractivity contribution in [1.29, 1.82) is 0 Å². The molecule has 0 atom stereocenters. The average molecular weight is 252 g/mol. The zero-order chi connectivity index (χ0) is 13.1. The van der Waals surface area contributed by atoms with E-state index in [-0.39, 0.29) is 0 Å². The molecule has 0 saturated heterocycles. The van der Waals surface area contributed by atoms with Crippen molar-refractivity contribution in [1.82, 2.24) is 0 Å². The van der Waals surface area contributed by atoms with Crippen LogP contribution in [0, 0.1) is 0 Å². The fraction of sp³-hybridized carbons (Fsp3) is 0.294. The molecule has 2 aromatic carbocycles. The Morgan fingerprint density at radius 2 is 1.84 bits per heavy atom. The van der Waals surface area contributed by atoms with Crippen LogP contribution in [0.5, 0.6) is 0 Å². The topological polar surface area (TPSA) is 29.3 Å². The van der Waals surface area contributed by atoms with Crippen LogP contribution in [0.15, 0.2) is 48.5 Å². The van der Waals surface area contributed by atoms with Crippen LogP contribution in [0.3, 0.4) is 0 Å². The molecule has 3 rings (SSSR count). The maximum atomic E-state index is 6.10. The fourth-order valence-corrected chi connectivity index (χ4v) is 2.91. The van der Waals surface area contributed by atoms with Crippen molar-refractivity contribution in [3.05, 3.63) is 59.7 Å². The van der Waals surface area contributed by atoms with Crippen LogP contribution < -0.4 is 10.6 Å². The summed E-state index contributed by atoms with van der Waals surface area (Å²) in [7, 11) is 0. The van der Waals surface area contributed by atoms with Crippen LogP contribution in [0.1, 0.15) is 17.5 Å². The van der Waals surface area contributed by atoms with Gasteiger partial charge in [-0.05, 0) is 36.5 Å². The van der Waals surface area contributed by atoms with E-state index in [2.05, 4.69) is 47.4 Å². The predicted octanol–water partition coefficient (Wildman–Crippen LogP) is 3.26. The molecule has 0 aliphatic carbocycles. The summed E-state index contributed by atoms with van der Waals surface area (Å²) in [5.41, 5.74) is 11.1. The minimum atomic E-state index is 0.926. The normalized spacial score (nSPS) is 13.6. The molecule has 2 nitrogen and oxygen atoms in total. The van der Waals surface area contributed by atoms with Crippen molar-refractivity contribution in [2.24, 2.45) is 0 Å². The number of rotatable bonds is 4. The second-order valence-corrected chi connectivity index (χ2v) is 5.18. The Bertz CT molecular complexity index is 548. The second kappa shape index (κ2) is 5.35. The molecule has 0 fully saturated rings. The summed E-state index contributed by atoms with van der Waals surface area (Å²) in [5, 5.41) is 0. The van der Waals surface area contributed by atoms with Gasteiger partial charge in [0.15, 0.2) is 0 Å². The van der Waals surface area contributed by atoms with Gasteiger partial charge in [-0.1, -0.05) is 42.5 Å². The van der Waals surface area contributed by atoms with Crippen LogP contribution >= 0.6 is 0 Å². The van der Waals surface area contributed by atoms with Gasteiger partial charge in [-0.3, -0.25) is 0 Å². The van der Waals surface area contributed by atoms with Gasteiger partial charge in [0.2, 0.25) is 0 Å². The van der Waals surface area contributed by atoms with Crippen molar-refractivity contribution in [2.75, 3.05) is 23.7 Å². The molecule has 0 bridgehead atoms. The van der Waals surface area contributed by atoms with Gasteiger partial charge >= 0.3 is 0 Å². The molecule has 0 amide bonds. The Morgan fingerprint density at radius 3 is 2.68 bits per heavy atom. The SMILES string of the molecule is Nc1cccc2c1N(CCCc1ccccc1)CC2. The molecule has 1 heterocycles. The van der Waals surface area contributed by atoms with Crippen LogP contribution in [-0.2, 0) is 12.8 Å². The summed E-state index contributed by atoms with van der Waals surface area (Å²) in [6, 6.07) is 17.0. The standard InChI is InChI=1S/C17H20N2/c18-16-10-4-9-15-11-13-19(17(15)16)12-5-8-14-6-2-1-3-7-14/h1-4,6-7,9-10H,5,8,11-13,18H2. The zero-order valence-corrected chi connectivity index (χ0v) is 11.2. The van der Waals surface area contributed by atoms with Crippen molar-refractivity contribution in [3.63, 3.8) is 0 Å². The van der Waals surface area contributed by atoms with Crippen LogP contribution in [0.4, 0.5) is 11.4 Å². The van der Waals surface area contributed by atoms with Gasteiger partial charge in [0.25, 0.3) is 0 Å². The van der Waals surface area contributed by atoms with Gasteiger partial charge in [0, 0.05) is 13.1 Å². The first-order chi connectivity index (χ1) is 9.34. The van der Waals surface area contributed by atoms with Gasteiger partial charge < -0.3 is 10.6 Å². The quantitative estimate of drug-likeness (QED) is 0.846. The van der Waals surface area contributed by atoms with Gasteiger partial charge in [-0.25, -0.2) is 0 Å². The summed E-state index contributed by atoms with van der Waals surface area (Å²) < 4.78 is 0. The molecule has 2 N–H and O–H groups in total. The molecule has 0 aromatic heterocycles. The summed E-state index contributed by atoms with van der Waals surface area (Å²) in [5.74, 6) is 0. The Morgan fingerprint density at radius 1 is 1.00 bits per heavy atom. The van der Waals surface area contributed by atoms with Crippen molar-refractivity contribution in [3.8, 4) is 0 Å². The fourth-order valence-electron chi connectivity index (χ4n) is 2.91. The third-order valence-corrected chi connectivity index (χ3v) is 3.85. The number of nitrogen functional groups attached to an aromatic ring is 1. The molecular formula is C17H20N2. The van der Waals surface area contributed by atoms with Gasteiger partial charge in [-0.15, -0.1) is 0 Å². The lowest BCUT2D eigenvalue weighted by atomic mass is 10.1. The summed E-state index contributed by atoms with van der Waals surface area (Å²) in [6.45, 7) is 2.20. The van der Waals surface area contributed by atoms with Gasteiger partial charge in [-0.2, -0.15) is 0 Å². The number of fused-ring (bicyclic) bond motifs is 1. The first-order valence-corrected chi connectivity index (χ1v) is 7.01. The first-order valence-electron chi connectivity index (χ1n) is 7.01. The van der Waals surface area contributed by atoms with E-state index in [4.69, 9.17) is 5.73 Å². The van der Waals surface area contributed by atoms with Gasteiger partial charge in [0.05, 0.1) is 11.4 Å². The van der Waals surface area contributed by atoms with Crippen molar-refractivity contribution < 1.29 is 0 Å². The van der Waals surface area contributed by atoms with E-state index in [1.807, 2.05) is 6.07 Å². The van der Waals surface area contributed by atoms with Crippen molar-refractivity contribution >= 4 is 11.4 Å². The second-order valence-electron chi connectivity index (χ2n) is 5.18. The molecule has 0 saturated carbocycles. The highest BCUT2D eigenvalue weighted by molar-refractivity contribution is 5.74. The smallest absolute Gasteiger partial charge is 0.0633 e. The van der Waals surface area contributed by atoms with Gasteiger partial charge in [0.1, 0.15) is 0 Å². The van der Waals surface area contributed by atoms with Crippen molar-refractivity contribution in [2.45, 2.75) is 19.3 Å². The van der Waals surface area contributed by atoms with Crippen LogP contribution in [0.25, 0.3) is 0 Å². The number of para-hydroxylation sites is 1. The third kappa shape index (κ3) is 2.58. The Balaban J connectivity index is 1.61. The highest BCUT2D eigenvalue weighted by atomic mass is 15.2. The lowest BCUT2D eigenvalue weighted by Crippen LogP contribution is -2.22. The van der Waals surface area contributed by atoms with Crippen LogP contribution in [-0.4, -0.2) is 13.1 Å². The molecular weight excluding hydrogens is 232 g/mol. The number of anilines is 2. The lowest BCUT2D eigenvalue weighted by Gasteiger charge is -2.20. The minimum Gasteiger partial charge on any atom is -0.397 e. The average Bonchev–Trinajstić information content (AvgIpc) is 2.85. The number of benzene rings is 2. The zero-order valence-electron chi connectivity index (χ0n) is 11.2. The molecule has 2 heteroatoms. The van der Waals surface area contributed by atoms with E-state index in [9.17, 15) is 0 Å². The van der Waals surface area contributed by atoms with E-state index in [0.29, 0.717) is 0 Å². The summed E-state index contributed by atoms with van der Waals surface area (Å²) in [6.07, 6.45) is 3.45. The molecule has 0 unspecified atom stereocenters. The molecule has 19 heavy (non-hydrogen) atoms. The Labute approximate surface area is 114 Å². The lowest BCUT2D eigenvalue weighted by molar-refractivity contribution is 0.751. The molecule has 0 radical (unpaired) electrons. The molecule has 0 spiro atoms. The monoisotopic (exact) mass is 252 g/mol. The van der Waals surface area contributed by atoms with Crippen LogP contribution in [0.2, 0.25) is 0 Å². The van der Waals surface area contributed by atoms with E-state index in [1.165, 1.54) is 23.2 Å².